The molecule has 4 heteroatoms. The van der Waals surface area contributed by atoms with Crippen molar-refractivity contribution in [3.05, 3.63) is 64.7 Å². The summed E-state index contributed by atoms with van der Waals surface area (Å²) >= 11 is 0. The number of carbonyl (C=O) groups excluding carboxylic acids is 1. The van der Waals surface area contributed by atoms with E-state index in [-0.39, 0.29) is 5.57 Å². The monoisotopic (exact) mass is 334 g/mol. The number of benzene rings is 2. The van der Waals surface area contributed by atoms with Crippen molar-refractivity contribution in [2.45, 2.75) is 27.2 Å². The summed E-state index contributed by atoms with van der Waals surface area (Å²) in [5, 5.41) is 12.1. The molecule has 1 N–H and O–H groups in total. The van der Waals surface area contributed by atoms with Crippen LogP contribution < -0.4 is 10.1 Å². The molecule has 2 aromatic carbocycles. The predicted octanol–water partition coefficient (Wildman–Crippen LogP) is 4.64. The molecule has 2 rings (SSSR count). The second-order valence-corrected chi connectivity index (χ2v) is 5.86. The molecule has 0 aliphatic heterocycles. The van der Waals surface area contributed by atoms with Gasteiger partial charge in [0.05, 0.1) is 6.61 Å². The Morgan fingerprint density at radius 1 is 1.20 bits per heavy atom. The maximum atomic E-state index is 12.4. The Hall–Kier alpha value is -3.06. The highest BCUT2D eigenvalue weighted by molar-refractivity contribution is 6.10. The van der Waals surface area contributed by atoms with Crippen LogP contribution >= 0.6 is 0 Å². The minimum Gasteiger partial charge on any atom is -0.494 e. The van der Waals surface area contributed by atoms with Gasteiger partial charge in [-0.3, -0.25) is 4.79 Å². The smallest absolute Gasteiger partial charge is 0.266 e. The summed E-state index contributed by atoms with van der Waals surface area (Å²) < 4.78 is 5.53. The van der Waals surface area contributed by atoms with Crippen LogP contribution in [0.4, 0.5) is 5.69 Å². The summed E-state index contributed by atoms with van der Waals surface area (Å²) in [6.45, 7) is 6.58. The molecule has 0 aliphatic rings. The summed E-state index contributed by atoms with van der Waals surface area (Å²) in [4.78, 5) is 12.4. The number of hydrogen-bond acceptors (Lipinski definition) is 3. The Morgan fingerprint density at radius 2 is 1.92 bits per heavy atom. The second-order valence-electron chi connectivity index (χ2n) is 5.86. The van der Waals surface area contributed by atoms with Gasteiger partial charge < -0.3 is 10.1 Å². The van der Waals surface area contributed by atoms with Gasteiger partial charge in [-0.15, -0.1) is 0 Å². The van der Waals surface area contributed by atoms with Gasteiger partial charge in [-0.25, -0.2) is 0 Å². The number of amides is 1. The molecular weight excluding hydrogens is 312 g/mol. The first-order valence-corrected chi connectivity index (χ1v) is 8.26. The lowest BCUT2D eigenvalue weighted by molar-refractivity contribution is -0.112. The lowest BCUT2D eigenvalue weighted by Gasteiger charge is -2.09. The van der Waals surface area contributed by atoms with Crippen LogP contribution in [0.5, 0.6) is 5.75 Å². The Morgan fingerprint density at radius 3 is 2.56 bits per heavy atom. The molecule has 0 radical (unpaired) electrons. The Kier molecular flexibility index (Phi) is 6.36. The molecule has 25 heavy (non-hydrogen) atoms. The summed E-state index contributed by atoms with van der Waals surface area (Å²) in [7, 11) is 0. The maximum absolute atomic E-state index is 12.4. The minimum absolute atomic E-state index is 0.0585. The average Bonchev–Trinajstić information content (AvgIpc) is 2.61. The van der Waals surface area contributed by atoms with Gasteiger partial charge in [-0.1, -0.05) is 31.2 Å². The molecular formula is C21H22N2O2. The molecule has 2 aromatic rings. The first-order chi connectivity index (χ1) is 12.0. The lowest BCUT2D eigenvalue weighted by atomic mass is 10.1. The van der Waals surface area contributed by atoms with Gasteiger partial charge in [0, 0.05) is 5.69 Å². The molecule has 4 nitrogen and oxygen atoms in total. The van der Waals surface area contributed by atoms with Crippen molar-refractivity contribution in [2.75, 3.05) is 11.9 Å². The van der Waals surface area contributed by atoms with E-state index >= 15 is 0 Å². The van der Waals surface area contributed by atoms with Gasteiger partial charge in [-0.2, -0.15) is 5.26 Å². The molecule has 0 saturated carbocycles. The number of hydrogen-bond donors (Lipinski definition) is 1. The van der Waals surface area contributed by atoms with Crippen molar-refractivity contribution in [3.8, 4) is 11.8 Å². The standard InChI is InChI=1S/C21H22N2O2/c1-4-11-25-19-9-7-17(8-10-19)13-18(14-22)21(24)23-20-12-15(2)5-6-16(20)3/h5-10,12-13H,4,11H2,1-3H3,(H,23,24)/b18-13+. The SMILES string of the molecule is CCCOc1ccc(/C=C(\C#N)C(=O)Nc2cc(C)ccc2C)cc1. The van der Waals surface area contributed by atoms with Crippen molar-refractivity contribution >= 4 is 17.7 Å². The van der Waals surface area contributed by atoms with E-state index in [9.17, 15) is 10.1 Å². The van der Waals surface area contributed by atoms with Gasteiger partial charge in [0.1, 0.15) is 17.4 Å². The van der Waals surface area contributed by atoms with E-state index < -0.39 is 5.91 Å². The van der Waals surface area contributed by atoms with E-state index in [1.54, 1.807) is 6.08 Å². The topological polar surface area (TPSA) is 62.1 Å². The number of carbonyl (C=O) groups is 1. The highest BCUT2D eigenvalue weighted by atomic mass is 16.5. The third-order valence-electron chi connectivity index (χ3n) is 3.67. The Balaban J connectivity index is 2.15. The maximum Gasteiger partial charge on any atom is 0.266 e. The van der Waals surface area contributed by atoms with Crippen LogP contribution in [0.3, 0.4) is 0 Å². The highest BCUT2D eigenvalue weighted by Gasteiger charge is 2.11. The third kappa shape index (κ3) is 5.22. The fourth-order valence-electron chi connectivity index (χ4n) is 2.26. The summed E-state index contributed by atoms with van der Waals surface area (Å²) in [5.74, 6) is 0.361. The first kappa shape index (κ1) is 18.3. The normalized spacial score (nSPS) is 10.9. The van der Waals surface area contributed by atoms with Crippen LogP contribution in [0.1, 0.15) is 30.0 Å². The summed E-state index contributed by atoms with van der Waals surface area (Å²) in [6, 6.07) is 15.1. The largest absolute Gasteiger partial charge is 0.494 e. The molecule has 0 aliphatic carbocycles. The van der Waals surface area contributed by atoms with Crippen LogP contribution in [0, 0.1) is 25.2 Å². The molecule has 0 saturated heterocycles. The lowest BCUT2D eigenvalue weighted by Crippen LogP contribution is -2.14. The number of nitriles is 1. The van der Waals surface area contributed by atoms with E-state index in [0.29, 0.717) is 6.61 Å². The van der Waals surface area contributed by atoms with Crippen LogP contribution in [0.15, 0.2) is 48.0 Å². The van der Waals surface area contributed by atoms with Crippen LogP contribution in [-0.2, 0) is 4.79 Å². The molecule has 1 amide bonds. The van der Waals surface area contributed by atoms with Gasteiger partial charge >= 0.3 is 0 Å². The van der Waals surface area contributed by atoms with E-state index in [4.69, 9.17) is 4.74 Å². The van der Waals surface area contributed by atoms with Crippen molar-refractivity contribution < 1.29 is 9.53 Å². The van der Waals surface area contributed by atoms with Crippen molar-refractivity contribution in [3.63, 3.8) is 0 Å². The number of nitrogens with one attached hydrogen (secondary N) is 1. The number of rotatable bonds is 6. The third-order valence-corrected chi connectivity index (χ3v) is 3.67. The zero-order chi connectivity index (χ0) is 18.2. The Labute approximate surface area is 148 Å². The second kappa shape index (κ2) is 8.70. The van der Waals surface area contributed by atoms with E-state index in [1.807, 2.05) is 69.3 Å². The predicted molar refractivity (Wildman–Crippen MR) is 100 cm³/mol. The Bertz CT molecular complexity index is 815. The minimum atomic E-state index is -0.414. The van der Waals surface area contributed by atoms with Crippen LogP contribution in [0.2, 0.25) is 0 Å². The molecule has 0 fully saturated rings. The van der Waals surface area contributed by atoms with Gasteiger partial charge in [-0.05, 0) is 61.2 Å². The zero-order valence-corrected chi connectivity index (χ0v) is 14.8. The molecule has 128 valence electrons. The number of anilines is 1. The molecule has 0 aromatic heterocycles. The molecule has 0 bridgehead atoms. The number of aryl methyl sites for hydroxylation is 2. The quantitative estimate of drug-likeness (QED) is 0.618. The van der Waals surface area contributed by atoms with Crippen molar-refractivity contribution in [1.82, 2.24) is 0 Å². The zero-order valence-electron chi connectivity index (χ0n) is 14.8. The van der Waals surface area contributed by atoms with Gasteiger partial charge in [0.2, 0.25) is 0 Å². The number of ether oxygens (including phenoxy) is 1. The van der Waals surface area contributed by atoms with E-state index in [0.717, 1.165) is 34.5 Å². The van der Waals surface area contributed by atoms with Gasteiger partial charge in [0.25, 0.3) is 5.91 Å². The number of nitrogens with zero attached hydrogens (tertiary/aromatic N) is 1. The molecule has 0 spiro atoms. The summed E-state index contributed by atoms with van der Waals surface area (Å²) in [5.41, 5.74) is 3.55. The highest BCUT2D eigenvalue weighted by Crippen LogP contribution is 2.19. The molecule has 0 heterocycles. The molecule has 0 unspecified atom stereocenters. The van der Waals surface area contributed by atoms with E-state index in [1.165, 1.54) is 0 Å². The first-order valence-electron chi connectivity index (χ1n) is 8.26. The van der Waals surface area contributed by atoms with E-state index in [2.05, 4.69) is 5.32 Å². The summed E-state index contributed by atoms with van der Waals surface area (Å²) in [6.07, 6.45) is 2.52. The fourth-order valence-corrected chi connectivity index (χ4v) is 2.26. The van der Waals surface area contributed by atoms with Crippen molar-refractivity contribution in [1.29, 1.82) is 5.26 Å². The average molecular weight is 334 g/mol. The molecule has 0 atom stereocenters. The van der Waals surface area contributed by atoms with Crippen LogP contribution in [-0.4, -0.2) is 12.5 Å². The fraction of sp³-hybridized carbons (Fsp3) is 0.238. The van der Waals surface area contributed by atoms with Gasteiger partial charge in [0.15, 0.2) is 0 Å². The van der Waals surface area contributed by atoms with Crippen LogP contribution in [0.25, 0.3) is 6.08 Å². The van der Waals surface area contributed by atoms with Crippen molar-refractivity contribution in [2.24, 2.45) is 0 Å².